The van der Waals surface area contributed by atoms with E-state index in [9.17, 15) is 4.79 Å². The van der Waals surface area contributed by atoms with Crippen LogP contribution in [0.4, 0.5) is 0 Å². The van der Waals surface area contributed by atoms with Crippen molar-refractivity contribution in [1.82, 2.24) is 5.32 Å². The molecule has 1 amide bonds. The molecule has 0 saturated heterocycles. The summed E-state index contributed by atoms with van der Waals surface area (Å²) in [6.45, 7) is 6.36. The average Bonchev–Trinajstić information content (AvgIpc) is 2.43. The molecule has 1 aromatic carbocycles. The monoisotopic (exact) mass is 296 g/mol. The molecule has 3 N–H and O–H groups in total. The maximum atomic E-state index is 12.5. The Balaban J connectivity index is 2.81. The van der Waals surface area contributed by atoms with Gasteiger partial charge in [0.1, 0.15) is 0 Å². The zero-order valence-corrected chi connectivity index (χ0v) is 13.3. The first-order chi connectivity index (χ1) is 9.43. The van der Waals surface area contributed by atoms with Crippen molar-refractivity contribution >= 4 is 17.5 Å². The molecule has 0 aromatic heterocycles. The van der Waals surface area contributed by atoms with E-state index < -0.39 is 5.41 Å². The molecule has 0 aliphatic heterocycles. The smallest absolute Gasteiger partial charge is 0.230 e. The lowest BCUT2D eigenvalue weighted by molar-refractivity contribution is -0.126. The second kappa shape index (κ2) is 7.65. The van der Waals surface area contributed by atoms with Gasteiger partial charge in [0.15, 0.2) is 0 Å². The fraction of sp³-hybridized carbons (Fsp3) is 0.562. The Morgan fingerprint density at radius 1 is 1.40 bits per heavy atom. The SMILES string of the molecule is CCCCC(CN)NC(=O)C(C)(C)c1ccccc1Cl. The molecule has 112 valence electrons. The molecule has 1 unspecified atom stereocenters. The Morgan fingerprint density at radius 3 is 2.60 bits per heavy atom. The fourth-order valence-corrected chi connectivity index (χ4v) is 2.53. The van der Waals surface area contributed by atoms with Crippen LogP contribution in [0.15, 0.2) is 24.3 Å². The van der Waals surface area contributed by atoms with Gasteiger partial charge in [-0.25, -0.2) is 0 Å². The van der Waals surface area contributed by atoms with Gasteiger partial charge in [0, 0.05) is 17.6 Å². The highest BCUT2D eigenvalue weighted by Gasteiger charge is 2.32. The molecule has 0 aliphatic carbocycles. The van der Waals surface area contributed by atoms with E-state index in [0.29, 0.717) is 11.6 Å². The number of carbonyl (C=O) groups excluding carboxylic acids is 1. The van der Waals surface area contributed by atoms with Crippen molar-refractivity contribution in [2.45, 2.75) is 51.5 Å². The molecule has 0 aliphatic rings. The molecule has 0 heterocycles. The third kappa shape index (κ3) is 4.22. The van der Waals surface area contributed by atoms with Gasteiger partial charge in [-0.2, -0.15) is 0 Å². The van der Waals surface area contributed by atoms with Crippen LogP contribution in [0.25, 0.3) is 0 Å². The fourth-order valence-electron chi connectivity index (χ4n) is 2.16. The van der Waals surface area contributed by atoms with Gasteiger partial charge in [0.2, 0.25) is 5.91 Å². The molecule has 0 radical (unpaired) electrons. The summed E-state index contributed by atoms with van der Waals surface area (Å²) in [5.41, 5.74) is 5.90. The Morgan fingerprint density at radius 2 is 2.05 bits per heavy atom. The minimum atomic E-state index is -0.669. The van der Waals surface area contributed by atoms with Crippen molar-refractivity contribution in [3.05, 3.63) is 34.9 Å². The van der Waals surface area contributed by atoms with Gasteiger partial charge in [-0.05, 0) is 31.9 Å². The Bertz CT molecular complexity index is 446. The summed E-state index contributed by atoms with van der Waals surface area (Å²) in [6, 6.07) is 7.50. The van der Waals surface area contributed by atoms with Crippen LogP contribution in [0.1, 0.15) is 45.6 Å². The van der Waals surface area contributed by atoms with E-state index >= 15 is 0 Å². The standard InChI is InChI=1S/C16H25ClN2O/c1-4-5-8-12(11-18)19-15(20)16(2,3)13-9-6-7-10-14(13)17/h6-7,9-10,12H,4-5,8,11,18H2,1-3H3,(H,19,20). The number of nitrogens with two attached hydrogens (primary N) is 1. The summed E-state index contributed by atoms with van der Waals surface area (Å²) < 4.78 is 0. The summed E-state index contributed by atoms with van der Waals surface area (Å²) in [6.07, 6.45) is 3.08. The highest BCUT2D eigenvalue weighted by atomic mass is 35.5. The molecule has 3 nitrogen and oxygen atoms in total. The van der Waals surface area contributed by atoms with Crippen LogP contribution in [0.5, 0.6) is 0 Å². The number of amides is 1. The van der Waals surface area contributed by atoms with E-state index in [-0.39, 0.29) is 11.9 Å². The van der Waals surface area contributed by atoms with Gasteiger partial charge >= 0.3 is 0 Å². The lowest BCUT2D eigenvalue weighted by atomic mass is 9.83. The second-order valence-corrected chi connectivity index (χ2v) is 6.06. The van der Waals surface area contributed by atoms with Gasteiger partial charge in [-0.15, -0.1) is 0 Å². The predicted octanol–water partition coefficient (Wildman–Crippen LogP) is 3.25. The number of hydrogen-bond acceptors (Lipinski definition) is 2. The zero-order chi connectivity index (χ0) is 15.2. The van der Waals surface area contributed by atoms with Crippen molar-refractivity contribution in [2.24, 2.45) is 5.73 Å². The van der Waals surface area contributed by atoms with Crippen molar-refractivity contribution in [1.29, 1.82) is 0 Å². The van der Waals surface area contributed by atoms with Gasteiger partial charge in [0.05, 0.1) is 5.41 Å². The number of carbonyl (C=O) groups is 1. The molecule has 4 heteroatoms. The number of benzene rings is 1. The minimum absolute atomic E-state index is 0.0304. The predicted molar refractivity (Wildman–Crippen MR) is 85.0 cm³/mol. The first-order valence-corrected chi connectivity index (χ1v) is 7.57. The van der Waals surface area contributed by atoms with Crippen LogP contribution in [-0.2, 0) is 10.2 Å². The van der Waals surface area contributed by atoms with Gasteiger partial charge < -0.3 is 11.1 Å². The molecule has 0 spiro atoms. The minimum Gasteiger partial charge on any atom is -0.351 e. The van der Waals surface area contributed by atoms with E-state index in [1.165, 1.54) is 0 Å². The molecule has 1 rings (SSSR count). The van der Waals surface area contributed by atoms with Crippen molar-refractivity contribution < 1.29 is 4.79 Å². The molecular formula is C16H25ClN2O. The van der Waals surface area contributed by atoms with E-state index in [1.807, 2.05) is 38.1 Å². The van der Waals surface area contributed by atoms with E-state index in [4.69, 9.17) is 17.3 Å². The van der Waals surface area contributed by atoms with Crippen LogP contribution in [0.3, 0.4) is 0 Å². The number of unbranched alkanes of at least 4 members (excludes halogenated alkanes) is 1. The molecule has 0 fully saturated rings. The zero-order valence-electron chi connectivity index (χ0n) is 12.6. The highest BCUT2D eigenvalue weighted by Crippen LogP contribution is 2.30. The van der Waals surface area contributed by atoms with E-state index in [1.54, 1.807) is 0 Å². The first kappa shape index (κ1) is 17.0. The van der Waals surface area contributed by atoms with E-state index in [0.717, 1.165) is 24.8 Å². The Labute approximate surface area is 126 Å². The number of rotatable bonds is 7. The quantitative estimate of drug-likeness (QED) is 0.811. The highest BCUT2D eigenvalue weighted by molar-refractivity contribution is 6.31. The third-order valence-electron chi connectivity index (χ3n) is 3.64. The van der Waals surface area contributed by atoms with Gasteiger partial charge in [-0.1, -0.05) is 49.6 Å². The van der Waals surface area contributed by atoms with Crippen molar-refractivity contribution in [3.8, 4) is 0 Å². The molecule has 1 atom stereocenters. The molecule has 0 saturated carbocycles. The van der Waals surface area contributed by atoms with Crippen molar-refractivity contribution in [3.63, 3.8) is 0 Å². The third-order valence-corrected chi connectivity index (χ3v) is 3.97. The second-order valence-electron chi connectivity index (χ2n) is 5.65. The Kier molecular flexibility index (Phi) is 6.50. The maximum absolute atomic E-state index is 12.5. The summed E-state index contributed by atoms with van der Waals surface area (Å²) in [5, 5.41) is 3.66. The first-order valence-electron chi connectivity index (χ1n) is 7.19. The molecule has 0 bridgehead atoms. The largest absolute Gasteiger partial charge is 0.351 e. The van der Waals surface area contributed by atoms with Crippen LogP contribution >= 0.6 is 11.6 Å². The van der Waals surface area contributed by atoms with Gasteiger partial charge in [-0.3, -0.25) is 4.79 Å². The van der Waals surface area contributed by atoms with Crippen molar-refractivity contribution in [2.75, 3.05) is 6.54 Å². The normalized spacial score (nSPS) is 13.1. The van der Waals surface area contributed by atoms with Crippen LogP contribution in [0.2, 0.25) is 5.02 Å². The summed E-state index contributed by atoms with van der Waals surface area (Å²) in [7, 11) is 0. The van der Waals surface area contributed by atoms with Crippen LogP contribution in [-0.4, -0.2) is 18.5 Å². The van der Waals surface area contributed by atoms with E-state index in [2.05, 4.69) is 12.2 Å². The number of hydrogen-bond donors (Lipinski definition) is 2. The maximum Gasteiger partial charge on any atom is 0.230 e. The topological polar surface area (TPSA) is 55.1 Å². The Hall–Kier alpha value is -1.06. The average molecular weight is 297 g/mol. The lowest BCUT2D eigenvalue weighted by Crippen LogP contribution is -2.48. The van der Waals surface area contributed by atoms with Crippen LogP contribution in [0, 0.1) is 0 Å². The molecule has 1 aromatic rings. The summed E-state index contributed by atoms with van der Waals surface area (Å²) >= 11 is 6.20. The molecule has 20 heavy (non-hydrogen) atoms. The summed E-state index contributed by atoms with van der Waals surface area (Å²) in [5.74, 6) is -0.0304. The van der Waals surface area contributed by atoms with Crippen LogP contribution < -0.4 is 11.1 Å². The number of nitrogens with one attached hydrogen (secondary N) is 1. The van der Waals surface area contributed by atoms with Gasteiger partial charge in [0.25, 0.3) is 0 Å². The molecular weight excluding hydrogens is 272 g/mol. The summed E-state index contributed by atoms with van der Waals surface area (Å²) in [4.78, 5) is 12.5. The number of halogens is 1. The lowest BCUT2D eigenvalue weighted by Gasteiger charge is -2.28.